The summed E-state index contributed by atoms with van der Waals surface area (Å²) in [5.74, 6) is 1.74. The van der Waals surface area contributed by atoms with Gasteiger partial charge in [-0.2, -0.15) is 0 Å². The lowest BCUT2D eigenvalue weighted by molar-refractivity contribution is -0.711. The fourth-order valence-corrected chi connectivity index (χ4v) is 4.55. The number of aromatic nitrogens is 3. The summed E-state index contributed by atoms with van der Waals surface area (Å²) >= 11 is 0. The van der Waals surface area contributed by atoms with E-state index in [1.54, 1.807) is 18.3 Å². The summed E-state index contributed by atoms with van der Waals surface area (Å²) in [6.07, 6.45) is 5.17. The van der Waals surface area contributed by atoms with Crippen LogP contribution in [0.2, 0.25) is 0 Å². The maximum atomic E-state index is 11.6. The summed E-state index contributed by atoms with van der Waals surface area (Å²) in [5, 5.41) is 4.18. The van der Waals surface area contributed by atoms with Crippen LogP contribution in [0.15, 0.2) is 77.6 Å². The first kappa shape index (κ1) is 24.1. The Labute approximate surface area is 208 Å². The molecule has 11 heteroatoms. The molecule has 1 fully saturated rings. The second kappa shape index (κ2) is 10.2. The average molecular weight is 508 g/mol. The predicted molar refractivity (Wildman–Crippen MR) is 133 cm³/mol. The van der Waals surface area contributed by atoms with Crippen molar-refractivity contribution in [1.82, 2.24) is 10.1 Å². The quantitative estimate of drug-likeness (QED) is 0.256. The molecule has 2 atom stereocenters. The van der Waals surface area contributed by atoms with Crippen molar-refractivity contribution >= 4 is 19.5 Å². The number of rotatable bonds is 9. The summed E-state index contributed by atoms with van der Waals surface area (Å²) in [6, 6.07) is 20.3. The van der Waals surface area contributed by atoms with E-state index >= 15 is 0 Å². The first-order valence-electron chi connectivity index (χ1n) is 11.5. The van der Waals surface area contributed by atoms with Crippen LogP contribution >= 0.6 is 7.82 Å². The van der Waals surface area contributed by atoms with Crippen LogP contribution < -0.4 is 15.2 Å². The monoisotopic (exact) mass is 508 g/mol. The van der Waals surface area contributed by atoms with Gasteiger partial charge in [-0.1, -0.05) is 41.6 Å². The normalized spacial score (nSPS) is 16.9. The minimum atomic E-state index is -4.13. The second-order valence-corrected chi connectivity index (χ2v) is 10.0. The number of hydrogen-bond donors (Lipinski definition) is 2. The van der Waals surface area contributed by atoms with Crippen LogP contribution in [0, 0.1) is 0 Å². The van der Waals surface area contributed by atoms with Crippen LogP contribution in [-0.2, 0) is 26.8 Å². The molecule has 1 aliphatic rings. The number of nitrogens with zero attached hydrogens (tertiary/aromatic N) is 4. The van der Waals surface area contributed by atoms with Gasteiger partial charge in [-0.3, -0.25) is 10.3 Å². The highest BCUT2D eigenvalue weighted by Crippen LogP contribution is 2.42. The van der Waals surface area contributed by atoms with Crippen molar-refractivity contribution in [3.8, 4) is 11.3 Å². The molecule has 4 heterocycles. The second-order valence-electron chi connectivity index (χ2n) is 8.48. The zero-order chi connectivity index (χ0) is 25.1. The van der Waals surface area contributed by atoms with E-state index in [1.165, 1.54) is 10.1 Å². The lowest BCUT2D eigenvalue weighted by Crippen LogP contribution is -2.41. The Kier molecular flexibility index (Phi) is 6.84. The SMILES string of the molecule is COP(=O)(O)OC[n+]1cccc(-c2cc(Cc3ccc(N4CCC4c4ccccc4)nc3)no2)c1N. The topological polar surface area (TPSA) is 128 Å². The molecular formula is C25H27N5O5P+. The van der Waals surface area contributed by atoms with Gasteiger partial charge >= 0.3 is 7.82 Å². The Morgan fingerprint density at radius 2 is 2.06 bits per heavy atom. The molecule has 36 heavy (non-hydrogen) atoms. The standard InChI is InChI=1S/C25H26N5O5P/c1-33-36(31,32)34-17-29-12-5-8-21(25(29)26)23-15-20(28-35-23)14-18-9-10-24(27-16-18)30-13-11-22(30)19-6-3-2-4-7-19/h2-10,12,15-16,22,26H,11,13-14,17H2,1H3,(H,31,32)/p+1. The number of phosphoric acid groups is 1. The Bertz CT molecular complexity index is 1380. The number of anilines is 2. The number of pyridine rings is 2. The Morgan fingerprint density at radius 1 is 1.22 bits per heavy atom. The van der Waals surface area contributed by atoms with Crippen molar-refractivity contribution in [2.24, 2.45) is 0 Å². The van der Waals surface area contributed by atoms with E-state index < -0.39 is 7.82 Å². The fraction of sp³-hybridized carbons (Fsp3) is 0.240. The first-order chi connectivity index (χ1) is 17.4. The zero-order valence-corrected chi connectivity index (χ0v) is 20.6. The molecule has 0 amide bonds. The van der Waals surface area contributed by atoms with E-state index in [0.29, 0.717) is 29.6 Å². The lowest BCUT2D eigenvalue weighted by atomic mass is 9.95. The Morgan fingerprint density at radius 3 is 2.75 bits per heavy atom. The molecule has 3 aromatic heterocycles. The van der Waals surface area contributed by atoms with Gasteiger partial charge in [0.25, 0.3) is 5.82 Å². The van der Waals surface area contributed by atoms with Gasteiger partial charge in [0, 0.05) is 32.3 Å². The van der Waals surface area contributed by atoms with Crippen molar-refractivity contribution in [1.29, 1.82) is 0 Å². The molecule has 0 saturated carbocycles. The van der Waals surface area contributed by atoms with Gasteiger partial charge in [0.05, 0.1) is 17.9 Å². The number of benzene rings is 1. The highest BCUT2D eigenvalue weighted by Gasteiger charge is 2.30. The molecular weight excluding hydrogens is 481 g/mol. The number of hydrogen-bond acceptors (Lipinski definition) is 8. The van der Waals surface area contributed by atoms with Crippen LogP contribution in [0.25, 0.3) is 11.3 Å². The van der Waals surface area contributed by atoms with E-state index in [-0.39, 0.29) is 6.73 Å². The van der Waals surface area contributed by atoms with Gasteiger partial charge in [0.1, 0.15) is 11.4 Å². The van der Waals surface area contributed by atoms with Crippen LogP contribution in [0.5, 0.6) is 0 Å². The van der Waals surface area contributed by atoms with Gasteiger partial charge in [0.15, 0.2) is 5.76 Å². The molecule has 4 aromatic rings. The summed E-state index contributed by atoms with van der Waals surface area (Å²) in [5.41, 5.74) is 9.87. The fourth-order valence-electron chi connectivity index (χ4n) is 4.18. The van der Waals surface area contributed by atoms with E-state index in [2.05, 4.69) is 49.9 Å². The summed E-state index contributed by atoms with van der Waals surface area (Å²) < 4.78 is 27.9. The number of nitrogens with two attached hydrogens (primary N) is 1. The smallest absolute Gasteiger partial charge is 0.356 e. The van der Waals surface area contributed by atoms with Crippen molar-refractivity contribution in [3.63, 3.8) is 0 Å². The van der Waals surface area contributed by atoms with Gasteiger partial charge in [0.2, 0.25) is 6.73 Å². The van der Waals surface area contributed by atoms with Crippen LogP contribution in [0.3, 0.4) is 0 Å². The third-order valence-corrected chi connectivity index (χ3v) is 7.13. The average Bonchev–Trinajstić information content (AvgIpc) is 3.33. The molecule has 0 aliphatic carbocycles. The summed E-state index contributed by atoms with van der Waals surface area (Å²) in [7, 11) is -3.04. The van der Waals surface area contributed by atoms with Crippen molar-refractivity contribution in [2.45, 2.75) is 25.6 Å². The Balaban J connectivity index is 1.26. The lowest BCUT2D eigenvalue weighted by Gasteiger charge is -2.42. The maximum Gasteiger partial charge on any atom is 0.475 e. The largest absolute Gasteiger partial charge is 0.475 e. The molecule has 186 valence electrons. The van der Waals surface area contributed by atoms with Crippen LogP contribution in [0.4, 0.5) is 11.6 Å². The van der Waals surface area contributed by atoms with Crippen molar-refractivity contribution in [2.75, 3.05) is 24.3 Å². The minimum absolute atomic E-state index is 0.261. The minimum Gasteiger partial charge on any atom is -0.356 e. The molecule has 1 saturated heterocycles. The molecule has 0 radical (unpaired) electrons. The van der Waals surface area contributed by atoms with Gasteiger partial charge in [-0.05, 0) is 35.7 Å². The highest BCUT2D eigenvalue weighted by atomic mass is 31.2. The van der Waals surface area contributed by atoms with E-state index in [9.17, 15) is 9.46 Å². The number of nitrogen functional groups attached to an aromatic ring is 1. The molecule has 5 rings (SSSR count). The molecule has 1 aliphatic heterocycles. The molecule has 0 bridgehead atoms. The van der Waals surface area contributed by atoms with E-state index in [0.717, 1.165) is 37.2 Å². The highest BCUT2D eigenvalue weighted by molar-refractivity contribution is 7.47. The molecule has 3 N–H and O–H groups in total. The van der Waals surface area contributed by atoms with Crippen molar-refractivity contribution < 1.29 is 27.6 Å². The van der Waals surface area contributed by atoms with Gasteiger partial charge in [-0.25, -0.2) is 18.6 Å². The third kappa shape index (κ3) is 5.17. The van der Waals surface area contributed by atoms with E-state index in [4.69, 9.17) is 14.8 Å². The van der Waals surface area contributed by atoms with Crippen LogP contribution in [0.1, 0.15) is 29.3 Å². The summed E-state index contributed by atoms with van der Waals surface area (Å²) in [4.78, 5) is 16.5. The first-order valence-corrected chi connectivity index (χ1v) is 13.0. The molecule has 2 unspecified atom stereocenters. The Hall–Kier alpha value is -3.56. The van der Waals surface area contributed by atoms with Crippen molar-refractivity contribution in [3.05, 3.63) is 89.9 Å². The van der Waals surface area contributed by atoms with Gasteiger partial charge in [-0.15, -0.1) is 0 Å². The number of phosphoric ester groups is 1. The maximum absolute atomic E-state index is 11.6. The molecule has 0 spiro atoms. The molecule has 1 aromatic carbocycles. The zero-order valence-electron chi connectivity index (χ0n) is 19.7. The molecule has 10 nitrogen and oxygen atoms in total. The van der Waals surface area contributed by atoms with Gasteiger partial charge < -0.3 is 14.3 Å². The van der Waals surface area contributed by atoms with E-state index in [1.807, 2.05) is 24.4 Å². The summed E-state index contributed by atoms with van der Waals surface area (Å²) in [6.45, 7) is 0.728. The van der Waals surface area contributed by atoms with Crippen LogP contribution in [-0.4, -0.2) is 28.7 Å². The third-order valence-electron chi connectivity index (χ3n) is 6.22. The predicted octanol–water partition coefficient (Wildman–Crippen LogP) is 3.87.